The van der Waals surface area contributed by atoms with E-state index in [9.17, 15) is 9.59 Å². The molecular weight excluding hydrogens is 339 g/mol. The Morgan fingerprint density at radius 2 is 1.61 bits per heavy atom. The van der Waals surface area contributed by atoms with E-state index in [2.05, 4.69) is 17.3 Å². The van der Waals surface area contributed by atoms with E-state index in [0.717, 1.165) is 26.2 Å². The van der Waals surface area contributed by atoms with E-state index >= 15 is 0 Å². The van der Waals surface area contributed by atoms with Gasteiger partial charge in [0.2, 0.25) is 5.91 Å². The Morgan fingerprint density at radius 1 is 1.09 bits per heavy atom. The minimum Gasteiger partial charge on any atom is -0.336 e. The maximum atomic E-state index is 12.3. The third-order valence-electron chi connectivity index (χ3n) is 3.60. The molecule has 1 aliphatic rings. The standard InChI is InChI=1S/C15H22N4O2.2ClH/c1-11(16)14(20)17-13-5-3-12(4-6-13)15(21)19-9-7-18(2)8-10-19;;/h3-6,11H,7-10,16H2,1-2H3,(H,17,20);2*1H. The van der Waals surface area contributed by atoms with Crippen molar-refractivity contribution in [3.05, 3.63) is 29.8 Å². The number of hydrogen-bond acceptors (Lipinski definition) is 4. The Bertz CT molecular complexity index is 515. The molecule has 1 saturated heterocycles. The molecule has 1 unspecified atom stereocenters. The van der Waals surface area contributed by atoms with Crippen molar-refractivity contribution < 1.29 is 9.59 Å². The fourth-order valence-electron chi connectivity index (χ4n) is 2.14. The summed E-state index contributed by atoms with van der Waals surface area (Å²) in [6.45, 7) is 4.92. The summed E-state index contributed by atoms with van der Waals surface area (Å²) in [4.78, 5) is 27.9. The maximum absolute atomic E-state index is 12.3. The molecule has 0 aliphatic carbocycles. The van der Waals surface area contributed by atoms with Crippen LogP contribution in [0.15, 0.2) is 24.3 Å². The highest BCUT2D eigenvalue weighted by molar-refractivity contribution is 5.97. The minimum atomic E-state index is -0.559. The molecule has 0 bridgehead atoms. The summed E-state index contributed by atoms with van der Waals surface area (Å²) >= 11 is 0. The Kier molecular flexibility index (Phi) is 9.16. The highest BCUT2D eigenvalue weighted by atomic mass is 35.5. The molecule has 1 heterocycles. The molecule has 8 heteroatoms. The molecule has 0 spiro atoms. The Hall–Kier alpha value is -1.34. The van der Waals surface area contributed by atoms with Crippen LogP contribution in [-0.2, 0) is 4.79 Å². The van der Waals surface area contributed by atoms with Crippen molar-refractivity contribution in [3.8, 4) is 0 Å². The van der Waals surface area contributed by atoms with E-state index < -0.39 is 6.04 Å². The van der Waals surface area contributed by atoms with Crippen LogP contribution < -0.4 is 11.1 Å². The molecule has 1 aromatic rings. The predicted molar refractivity (Wildman–Crippen MR) is 96.6 cm³/mol. The lowest BCUT2D eigenvalue weighted by Gasteiger charge is -2.32. The molecule has 1 aromatic carbocycles. The van der Waals surface area contributed by atoms with Gasteiger partial charge in [-0.2, -0.15) is 0 Å². The molecule has 2 rings (SSSR count). The second-order valence-electron chi connectivity index (χ2n) is 5.45. The van der Waals surface area contributed by atoms with Gasteiger partial charge in [-0.05, 0) is 38.2 Å². The number of halogens is 2. The number of likely N-dealkylation sites (N-methyl/N-ethyl adjacent to an activating group) is 1. The first-order valence-corrected chi connectivity index (χ1v) is 7.11. The normalized spacial score (nSPS) is 15.9. The van der Waals surface area contributed by atoms with Crippen LogP contribution in [0.25, 0.3) is 0 Å². The van der Waals surface area contributed by atoms with Gasteiger partial charge in [0.1, 0.15) is 0 Å². The second-order valence-corrected chi connectivity index (χ2v) is 5.45. The smallest absolute Gasteiger partial charge is 0.253 e. The van der Waals surface area contributed by atoms with Gasteiger partial charge in [-0.15, -0.1) is 24.8 Å². The van der Waals surface area contributed by atoms with Crippen LogP contribution >= 0.6 is 24.8 Å². The number of nitrogens with two attached hydrogens (primary N) is 1. The third kappa shape index (κ3) is 5.99. The van der Waals surface area contributed by atoms with Gasteiger partial charge < -0.3 is 20.9 Å². The Labute approximate surface area is 149 Å². The number of carbonyl (C=O) groups is 2. The molecule has 1 fully saturated rings. The van der Waals surface area contributed by atoms with Gasteiger partial charge in [-0.1, -0.05) is 0 Å². The van der Waals surface area contributed by atoms with Crippen LogP contribution in [0.2, 0.25) is 0 Å². The predicted octanol–water partition coefficient (Wildman–Crippen LogP) is 1.20. The van der Waals surface area contributed by atoms with Crippen molar-refractivity contribution in [2.75, 3.05) is 38.5 Å². The Morgan fingerprint density at radius 3 is 2.09 bits per heavy atom. The van der Waals surface area contributed by atoms with Crippen LogP contribution in [0.4, 0.5) is 5.69 Å². The molecule has 130 valence electrons. The number of benzene rings is 1. The molecule has 3 N–H and O–H groups in total. The first-order chi connectivity index (χ1) is 9.97. The van der Waals surface area contributed by atoms with E-state index in [-0.39, 0.29) is 36.6 Å². The average molecular weight is 363 g/mol. The molecule has 1 aliphatic heterocycles. The zero-order chi connectivity index (χ0) is 15.4. The third-order valence-corrected chi connectivity index (χ3v) is 3.60. The first-order valence-electron chi connectivity index (χ1n) is 7.11. The summed E-state index contributed by atoms with van der Waals surface area (Å²) in [5, 5.41) is 2.70. The molecule has 1 atom stereocenters. The number of piperazine rings is 1. The minimum absolute atomic E-state index is 0. The van der Waals surface area contributed by atoms with Gasteiger partial charge in [-0.3, -0.25) is 9.59 Å². The molecule has 0 aromatic heterocycles. The Balaban J connectivity index is 0.00000242. The fraction of sp³-hybridized carbons (Fsp3) is 0.467. The van der Waals surface area contributed by atoms with Crippen LogP contribution in [-0.4, -0.2) is 60.9 Å². The zero-order valence-electron chi connectivity index (χ0n) is 13.3. The molecule has 23 heavy (non-hydrogen) atoms. The highest BCUT2D eigenvalue weighted by Crippen LogP contribution is 2.13. The number of hydrogen-bond donors (Lipinski definition) is 2. The SMILES string of the molecule is CC(N)C(=O)Nc1ccc(C(=O)N2CCN(C)CC2)cc1.Cl.Cl. The van der Waals surface area contributed by atoms with Crippen molar-refractivity contribution >= 4 is 42.3 Å². The molecule has 6 nitrogen and oxygen atoms in total. The van der Waals surface area contributed by atoms with Crippen molar-refractivity contribution in [3.63, 3.8) is 0 Å². The van der Waals surface area contributed by atoms with Gasteiger partial charge in [-0.25, -0.2) is 0 Å². The van der Waals surface area contributed by atoms with E-state index in [1.165, 1.54) is 0 Å². The van der Waals surface area contributed by atoms with Crippen LogP contribution in [0, 0.1) is 0 Å². The van der Waals surface area contributed by atoms with Crippen molar-refractivity contribution in [2.24, 2.45) is 5.73 Å². The monoisotopic (exact) mass is 362 g/mol. The summed E-state index contributed by atoms with van der Waals surface area (Å²) in [5.41, 5.74) is 6.78. The largest absolute Gasteiger partial charge is 0.336 e. The van der Waals surface area contributed by atoms with Crippen LogP contribution in [0.1, 0.15) is 17.3 Å². The topological polar surface area (TPSA) is 78.7 Å². The maximum Gasteiger partial charge on any atom is 0.253 e. The van der Waals surface area contributed by atoms with E-state index in [1.54, 1.807) is 31.2 Å². The quantitative estimate of drug-likeness (QED) is 0.846. The highest BCUT2D eigenvalue weighted by Gasteiger charge is 2.20. The summed E-state index contributed by atoms with van der Waals surface area (Å²) in [5.74, 6) is -0.207. The summed E-state index contributed by atoms with van der Waals surface area (Å²) in [7, 11) is 2.05. The van der Waals surface area contributed by atoms with Gasteiger partial charge >= 0.3 is 0 Å². The number of carbonyl (C=O) groups excluding carboxylic acids is 2. The second kappa shape index (κ2) is 9.72. The molecular formula is C15H24Cl2N4O2. The van der Waals surface area contributed by atoms with Gasteiger partial charge in [0.25, 0.3) is 5.91 Å². The molecule has 0 radical (unpaired) electrons. The summed E-state index contributed by atoms with van der Waals surface area (Å²) in [6.07, 6.45) is 0. The average Bonchev–Trinajstić information content (AvgIpc) is 2.48. The number of amides is 2. The number of nitrogens with zero attached hydrogens (tertiary/aromatic N) is 2. The number of anilines is 1. The van der Waals surface area contributed by atoms with E-state index in [0.29, 0.717) is 11.3 Å². The molecule has 2 amide bonds. The van der Waals surface area contributed by atoms with Gasteiger partial charge in [0.15, 0.2) is 0 Å². The van der Waals surface area contributed by atoms with Crippen molar-refractivity contribution in [1.82, 2.24) is 9.80 Å². The summed E-state index contributed by atoms with van der Waals surface area (Å²) < 4.78 is 0. The molecule has 0 saturated carbocycles. The van der Waals surface area contributed by atoms with Crippen LogP contribution in [0.3, 0.4) is 0 Å². The number of nitrogens with one attached hydrogen (secondary N) is 1. The van der Waals surface area contributed by atoms with Crippen molar-refractivity contribution in [1.29, 1.82) is 0 Å². The lowest BCUT2D eigenvalue weighted by molar-refractivity contribution is -0.117. The van der Waals surface area contributed by atoms with Gasteiger partial charge in [0.05, 0.1) is 6.04 Å². The number of rotatable bonds is 3. The fourth-order valence-corrected chi connectivity index (χ4v) is 2.14. The lowest BCUT2D eigenvalue weighted by Crippen LogP contribution is -2.47. The lowest BCUT2D eigenvalue weighted by atomic mass is 10.1. The van der Waals surface area contributed by atoms with Crippen molar-refractivity contribution in [2.45, 2.75) is 13.0 Å². The van der Waals surface area contributed by atoms with Crippen LogP contribution in [0.5, 0.6) is 0 Å². The zero-order valence-corrected chi connectivity index (χ0v) is 15.0. The van der Waals surface area contributed by atoms with E-state index in [1.807, 2.05) is 4.90 Å². The first kappa shape index (κ1) is 21.7. The summed E-state index contributed by atoms with van der Waals surface area (Å²) in [6, 6.07) is 6.36. The van der Waals surface area contributed by atoms with E-state index in [4.69, 9.17) is 5.73 Å². The van der Waals surface area contributed by atoms with Gasteiger partial charge in [0, 0.05) is 37.4 Å².